The Kier molecular flexibility index (Phi) is 7.58. The van der Waals surface area contributed by atoms with E-state index in [9.17, 15) is 0 Å². The van der Waals surface area contributed by atoms with E-state index in [1.807, 2.05) is 6.08 Å². The largest absolute Gasteiger partial charge is 0.375 e. The molecule has 2 heterocycles. The molecule has 0 bridgehead atoms. The molecule has 4 nitrogen and oxygen atoms in total. The molecule has 0 spiro atoms. The summed E-state index contributed by atoms with van der Waals surface area (Å²) in [4.78, 5) is 5.28. The molecule has 2 aliphatic heterocycles. The van der Waals surface area contributed by atoms with Crippen molar-refractivity contribution in [2.75, 3.05) is 52.4 Å². The van der Waals surface area contributed by atoms with E-state index in [-0.39, 0.29) is 0 Å². The number of rotatable bonds is 7. The number of hydrogen-bond donors (Lipinski definition) is 1. The van der Waals surface area contributed by atoms with Crippen molar-refractivity contribution in [2.45, 2.75) is 57.2 Å². The van der Waals surface area contributed by atoms with Gasteiger partial charge >= 0.3 is 0 Å². The van der Waals surface area contributed by atoms with Crippen LogP contribution in [0.1, 0.15) is 44.9 Å². The highest BCUT2D eigenvalue weighted by atomic mass is 16.5. The maximum Gasteiger partial charge on any atom is 0.0603 e. The summed E-state index contributed by atoms with van der Waals surface area (Å²) < 4.78 is 6.35. The summed E-state index contributed by atoms with van der Waals surface area (Å²) >= 11 is 0. The predicted octanol–water partition coefficient (Wildman–Crippen LogP) is 2.51. The molecule has 1 saturated carbocycles. The van der Waals surface area contributed by atoms with Crippen molar-refractivity contribution < 1.29 is 4.74 Å². The Labute approximate surface area is 148 Å². The van der Waals surface area contributed by atoms with Crippen LogP contribution in [0.4, 0.5) is 0 Å². The summed E-state index contributed by atoms with van der Waals surface area (Å²) in [6.07, 6.45) is 11.9. The molecule has 0 unspecified atom stereocenters. The zero-order chi connectivity index (χ0) is 16.6. The SMILES string of the molecule is C=CCCN1CCN(CC2CCC(OC3CCNCC3)CC2)CC1. The van der Waals surface area contributed by atoms with Crippen LogP contribution in [-0.2, 0) is 4.74 Å². The van der Waals surface area contributed by atoms with Crippen LogP contribution in [0.2, 0.25) is 0 Å². The van der Waals surface area contributed by atoms with Gasteiger partial charge in [0.2, 0.25) is 0 Å². The van der Waals surface area contributed by atoms with Gasteiger partial charge in [0.05, 0.1) is 12.2 Å². The maximum absolute atomic E-state index is 6.35. The summed E-state index contributed by atoms with van der Waals surface area (Å²) in [6.45, 7) is 13.6. The summed E-state index contributed by atoms with van der Waals surface area (Å²) in [5.41, 5.74) is 0. The molecule has 24 heavy (non-hydrogen) atoms. The van der Waals surface area contributed by atoms with Crippen LogP contribution in [0.5, 0.6) is 0 Å². The number of piperidine rings is 1. The van der Waals surface area contributed by atoms with Crippen LogP contribution in [0.25, 0.3) is 0 Å². The van der Waals surface area contributed by atoms with Gasteiger partial charge in [-0.05, 0) is 64.0 Å². The third kappa shape index (κ3) is 5.83. The third-order valence-corrected chi connectivity index (χ3v) is 6.10. The second kappa shape index (κ2) is 9.91. The minimum atomic E-state index is 0.524. The van der Waals surface area contributed by atoms with Gasteiger partial charge in [-0.15, -0.1) is 6.58 Å². The van der Waals surface area contributed by atoms with Crippen molar-refractivity contribution in [2.24, 2.45) is 5.92 Å². The second-order valence-corrected chi connectivity index (χ2v) is 7.95. The zero-order valence-electron chi connectivity index (χ0n) is 15.4. The first-order valence-electron chi connectivity index (χ1n) is 10.3. The van der Waals surface area contributed by atoms with Crippen molar-refractivity contribution >= 4 is 0 Å². The minimum Gasteiger partial charge on any atom is -0.375 e. The molecule has 1 N–H and O–H groups in total. The van der Waals surface area contributed by atoms with E-state index in [0.717, 1.165) is 25.4 Å². The first-order valence-corrected chi connectivity index (χ1v) is 10.3. The van der Waals surface area contributed by atoms with E-state index in [4.69, 9.17) is 4.74 Å². The fraction of sp³-hybridized carbons (Fsp3) is 0.900. The highest BCUT2D eigenvalue weighted by molar-refractivity contribution is 4.81. The van der Waals surface area contributed by atoms with Crippen molar-refractivity contribution in [3.63, 3.8) is 0 Å². The maximum atomic E-state index is 6.35. The first-order chi connectivity index (χ1) is 11.8. The van der Waals surface area contributed by atoms with Gasteiger partial charge in [0, 0.05) is 39.3 Å². The Hall–Kier alpha value is -0.420. The predicted molar refractivity (Wildman–Crippen MR) is 100 cm³/mol. The highest BCUT2D eigenvalue weighted by Gasteiger charge is 2.27. The van der Waals surface area contributed by atoms with Gasteiger partial charge < -0.3 is 19.9 Å². The van der Waals surface area contributed by atoms with Crippen LogP contribution < -0.4 is 5.32 Å². The monoisotopic (exact) mass is 335 g/mol. The average molecular weight is 336 g/mol. The molecule has 0 amide bonds. The molecule has 4 heteroatoms. The van der Waals surface area contributed by atoms with Gasteiger partial charge in [0.15, 0.2) is 0 Å². The minimum absolute atomic E-state index is 0.524. The van der Waals surface area contributed by atoms with Crippen molar-refractivity contribution in [1.29, 1.82) is 0 Å². The molecular formula is C20H37N3O. The van der Waals surface area contributed by atoms with Gasteiger partial charge in [-0.2, -0.15) is 0 Å². The third-order valence-electron chi connectivity index (χ3n) is 6.10. The van der Waals surface area contributed by atoms with Crippen molar-refractivity contribution in [3.8, 4) is 0 Å². The zero-order valence-corrected chi connectivity index (χ0v) is 15.4. The van der Waals surface area contributed by atoms with Gasteiger partial charge in [-0.3, -0.25) is 0 Å². The normalized spacial score (nSPS) is 31.2. The first kappa shape index (κ1) is 18.4. The van der Waals surface area contributed by atoms with E-state index < -0.39 is 0 Å². The van der Waals surface area contributed by atoms with Crippen LogP contribution in [-0.4, -0.2) is 74.4 Å². The molecule has 3 fully saturated rings. The molecule has 3 rings (SSSR count). The molecule has 1 aliphatic carbocycles. The Morgan fingerprint density at radius 2 is 1.50 bits per heavy atom. The van der Waals surface area contributed by atoms with Gasteiger partial charge in [0.1, 0.15) is 0 Å². The number of nitrogens with zero attached hydrogens (tertiary/aromatic N) is 2. The van der Waals surface area contributed by atoms with Gasteiger partial charge in [-0.1, -0.05) is 6.08 Å². The smallest absolute Gasteiger partial charge is 0.0603 e. The standard InChI is InChI=1S/C20H37N3O/c1-2-3-12-22-13-15-23(16-14-22)17-18-4-6-19(7-5-18)24-20-8-10-21-11-9-20/h2,18-21H,1,3-17H2. The molecule has 138 valence electrons. The van der Waals surface area contributed by atoms with E-state index in [1.165, 1.54) is 77.8 Å². The summed E-state index contributed by atoms with van der Waals surface area (Å²) in [7, 11) is 0. The van der Waals surface area contributed by atoms with E-state index >= 15 is 0 Å². The topological polar surface area (TPSA) is 27.7 Å². The summed E-state index contributed by atoms with van der Waals surface area (Å²) in [5.74, 6) is 0.901. The molecule has 0 aromatic heterocycles. The Bertz CT molecular complexity index is 354. The lowest BCUT2D eigenvalue weighted by Crippen LogP contribution is -2.48. The molecule has 0 radical (unpaired) electrons. The fourth-order valence-corrected chi connectivity index (χ4v) is 4.49. The molecule has 0 aromatic rings. The lowest BCUT2D eigenvalue weighted by Gasteiger charge is -2.38. The molecular weight excluding hydrogens is 298 g/mol. The van der Waals surface area contributed by atoms with E-state index in [0.29, 0.717) is 12.2 Å². The Balaban J connectivity index is 1.29. The number of hydrogen-bond acceptors (Lipinski definition) is 4. The number of ether oxygens (including phenoxy) is 1. The van der Waals surface area contributed by atoms with Gasteiger partial charge in [-0.25, -0.2) is 0 Å². The second-order valence-electron chi connectivity index (χ2n) is 7.95. The highest BCUT2D eigenvalue weighted by Crippen LogP contribution is 2.29. The average Bonchev–Trinajstić information content (AvgIpc) is 2.64. The van der Waals surface area contributed by atoms with E-state index in [1.54, 1.807) is 0 Å². The van der Waals surface area contributed by atoms with Gasteiger partial charge in [0.25, 0.3) is 0 Å². The van der Waals surface area contributed by atoms with Crippen molar-refractivity contribution in [1.82, 2.24) is 15.1 Å². The molecule has 3 aliphatic rings. The molecule has 0 aromatic carbocycles. The Morgan fingerprint density at radius 3 is 2.17 bits per heavy atom. The van der Waals surface area contributed by atoms with Crippen LogP contribution >= 0.6 is 0 Å². The summed E-state index contributed by atoms with van der Waals surface area (Å²) in [6, 6.07) is 0. The lowest BCUT2D eigenvalue weighted by atomic mass is 9.86. The van der Waals surface area contributed by atoms with Crippen LogP contribution in [0, 0.1) is 5.92 Å². The molecule has 0 atom stereocenters. The quantitative estimate of drug-likeness (QED) is 0.724. The van der Waals surface area contributed by atoms with Crippen molar-refractivity contribution in [3.05, 3.63) is 12.7 Å². The fourth-order valence-electron chi connectivity index (χ4n) is 4.49. The summed E-state index contributed by atoms with van der Waals surface area (Å²) in [5, 5.41) is 3.42. The number of piperazine rings is 1. The van der Waals surface area contributed by atoms with Crippen LogP contribution in [0.3, 0.4) is 0 Å². The van der Waals surface area contributed by atoms with Crippen LogP contribution in [0.15, 0.2) is 12.7 Å². The van der Waals surface area contributed by atoms with E-state index in [2.05, 4.69) is 21.7 Å². The lowest BCUT2D eigenvalue weighted by molar-refractivity contribution is -0.0502. The number of nitrogens with one attached hydrogen (secondary N) is 1. The molecule has 2 saturated heterocycles. The Morgan fingerprint density at radius 1 is 0.875 bits per heavy atom.